The molecule has 68 valence electrons. The molecule has 4 heteroatoms. The van der Waals surface area contributed by atoms with Gasteiger partial charge in [-0.05, 0) is 24.6 Å². The molecule has 0 saturated heterocycles. The quantitative estimate of drug-likeness (QED) is 0.586. The predicted octanol–water partition coefficient (Wildman–Crippen LogP) is 2.10. The Labute approximate surface area is 90.6 Å². The van der Waals surface area contributed by atoms with Crippen molar-refractivity contribution in [1.29, 1.82) is 0 Å². The van der Waals surface area contributed by atoms with E-state index in [1.807, 2.05) is 48.0 Å². The van der Waals surface area contributed by atoms with Crippen molar-refractivity contribution in [2.75, 3.05) is 15.0 Å². The van der Waals surface area contributed by atoms with Crippen molar-refractivity contribution in [2.45, 2.75) is 6.92 Å². The molecular formula is C9H9IN2O. The van der Waals surface area contributed by atoms with E-state index in [4.69, 9.17) is 0 Å². The van der Waals surface area contributed by atoms with Crippen LogP contribution in [0.15, 0.2) is 18.2 Å². The number of amides is 1. The molecule has 0 aromatic heterocycles. The summed E-state index contributed by atoms with van der Waals surface area (Å²) >= 11 is 2.03. The number of rotatable bonds is 0. The lowest BCUT2D eigenvalue weighted by Gasteiger charge is -2.24. The van der Waals surface area contributed by atoms with Crippen LogP contribution < -0.4 is 8.43 Å². The molecule has 1 aliphatic heterocycles. The fourth-order valence-corrected chi connectivity index (χ4v) is 1.90. The Balaban J connectivity index is 2.51. The van der Waals surface area contributed by atoms with E-state index in [0.29, 0.717) is 6.54 Å². The lowest BCUT2D eigenvalue weighted by Crippen LogP contribution is -2.32. The normalized spacial score (nSPS) is 15.2. The van der Waals surface area contributed by atoms with Crippen molar-refractivity contribution in [3.63, 3.8) is 0 Å². The molecule has 0 bridgehead atoms. The van der Waals surface area contributed by atoms with Crippen LogP contribution in [-0.2, 0) is 4.79 Å². The first-order chi connectivity index (χ1) is 6.18. The third-order valence-corrected chi connectivity index (χ3v) is 3.07. The number of anilines is 2. The van der Waals surface area contributed by atoms with Gasteiger partial charge in [-0.3, -0.25) is 4.79 Å². The van der Waals surface area contributed by atoms with E-state index >= 15 is 0 Å². The SMILES string of the molecule is Cc1ccc2c(c1)N(I)C(=O)CN2. The Hall–Kier alpha value is -0.780. The molecule has 0 unspecified atom stereocenters. The second-order valence-corrected chi connectivity index (χ2v) is 4.01. The van der Waals surface area contributed by atoms with Crippen LogP contribution in [0.2, 0.25) is 0 Å². The lowest BCUT2D eigenvalue weighted by molar-refractivity contribution is -0.115. The smallest absolute Gasteiger partial charge is 0.255 e. The van der Waals surface area contributed by atoms with Gasteiger partial charge >= 0.3 is 0 Å². The van der Waals surface area contributed by atoms with E-state index in [-0.39, 0.29) is 5.91 Å². The number of halogens is 1. The number of carbonyl (C=O) groups excluding carboxylic acids is 1. The van der Waals surface area contributed by atoms with Gasteiger partial charge in [-0.2, -0.15) is 0 Å². The summed E-state index contributed by atoms with van der Waals surface area (Å²) in [5.74, 6) is 0.0960. The third kappa shape index (κ3) is 1.50. The number of nitrogens with zero attached hydrogens (tertiary/aromatic N) is 1. The topological polar surface area (TPSA) is 32.3 Å². The van der Waals surface area contributed by atoms with Crippen LogP contribution in [-0.4, -0.2) is 12.5 Å². The van der Waals surface area contributed by atoms with Crippen molar-refractivity contribution >= 4 is 40.1 Å². The highest BCUT2D eigenvalue weighted by Gasteiger charge is 2.21. The zero-order chi connectivity index (χ0) is 9.42. The van der Waals surface area contributed by atoms with E-state index in [2.05, 4.69) is 5.32 Å². The molecule has 2 rings (SSSR count). The van der Waals surface area contributed by atoms with Gasteiger partial charge in [0.15, 0.2) is 0 Å². The Kier molecular flexibility index (Phi) is 2.15. The summed E-state index contributed by atoms with van der Waals surface area (Å²) in [5, 5.41) is 3.07. The first-order valence-corrected chi connectivity index (χ1v) is 4.98. The standard InChI is InChI=1S/C9H9IN2O/c1-6-2-3-7-8(4-6)12(10)9(13)5-11-7/h2-4,11H,5H2,1H3. The van der Waals surface area contributed by atoms with Crippen LogP contribution in [0.3, 0.4) is 0 Å². The number of benzene rings is 1. The molecule has 0 fully saturated rings. The summed E-state index contributed by atoms with van der Waals surface area (Å²) in [6.07, 6.45) is 0. The predicted molar refractivity (Wildman–Crippen MR) is 61.2 cm³/mol. The van der Waals surface area contributed by atoms with Crippen LogP contribution >= 0.6 is 22.9 Å². The third-order valence-electron chi connectivity index (χ3n) is 2.01. The van der Waals surface area contributed by atoms with Gasteiger partial charge in [0, 0.05) is 0 Å². The number of aryl methyl sites for hydroxylation is 1. The lowest BCUT2D eigenvalue weighted by atomic mass is 10.1. The highest BCUT2D eigenvalue weighted by Crippen LogP contribution is 2.32. The van der Waals surface area contributed by atoms with E-state index in [1.165, 1.54) is 0 Å². The zero-order valence-electron chi connectivity index (χ0n) is 7.17. The summed E-state index contributed by atoms with van der Waals surface area (Å²) in [4.78, 5) is 11.3. The first-order valence-electron chi connectivity index (χ1n) is 4.02. The minimum Gasteiger partial charge on any atom is -0.374 e. The zero-order valence-corrected chi connectivity index (χ0v) is 9.33. The van der Waals surface area contributed by atoms with Crippen LogP contribution in [0.4, 0.5) is 11.4 Å². The second-order valence-electron chi connectivity index (χ2n) is 3.05. The number of carbonyl (C=O) groups is 1. The minimum absolute atomic E-state index is 0.0960. The Morgan fingerprint density at radius 2 is 2.31 bits per heavy atom. The molecule has 0 radical (unpaired) electrons. The highest BCUT2D eigenvalue weighted by molar-refractivity contribution is 14.1. The number of nitrogens with one attached hydrogen (secondary N) is 1. The summed E-state index contributed by atoms with van der Waals surface area (Å²) in [6.45, 7) is 2.41. The Morgan fingerprint density at radius 3 is 3.08 bits per heavy atom. The van der Waals surface area contributed by atoms with Gasteiger partial charge in [-0.25, -0.2) is 3.11 Å². The van der Waals surface area contributed by atoms with Crippen LogP contribution in [0.5, 0.6) is 0 Å². The van der Waals surface area contributed by atoms with Gasteiger partial charge in [0.1, 0.15) is 0 Å². The monoisotopic (exact) mass is 288 g/mol. The first kappa shape index (κ1) is 8.80. The number of hydrogen-bond donors (Lipinski definition) is 1. The molecule has 0 atom stereocenters. The van der Waals surface area contributed by atoms with Gasteiger partial charge in [-0.15, -0.1) is 0 Å². The van der Waals surface area contributed by atoms with Gasteiger partial charge in [0.05, 0.1) is 40.8 Å². The second kappa shape index (κ2) is 3.17. The van der Waals surface area contributed by atoms with Gasteiger partial charge in [0.2, 0.25) is 0 Å². The molecule has 1 aromatic carbocycles. The molecule has 0 aliphatic carbocycles. The molecule has 1 amide bonds. The van der Waals surface area contributed by atoms with E-state index < -0.39 is 0 Å². The van der Waals surface area contributed by atoms with Crippen molar-refractivity contribution in [3.05, 3.63) is 23.8 Å². The average molecular weight is 288 g/mol. The van der Waals surface area contributed by atoms with Crippen LogP contribution in [0, 0.1) is 6.92 Å². The van der Waals surface area contributed by atoms with Crippen molar-refractivity contribution in [1.82, 2.24) is 0 Å². The van der Waals surface area contributed by atoms with Gasteiger partial charge in [-0.1, -0.05) is 6.07 Å². The van der Waals surface area contributed by atoms with E-state index in [0.717, 1.165) is 16.9 Å². The molecule has 13 heavy (non-hydrogen) atoms. The van der Waals surface area contributed by atoms with Crippen LogP contribution in [0.25, 0.3) is 0 Å². The minimum atomic E-state index is 0.0960. The molecule has 1 aliphatic rings. The summed E-state index contributed by atoms with van der Waals surface area (Å²) in [5.41, 5.74) is 3.15. The summed E-state index contributed by atoms with van der Waals surface area (Å²) in [7, 11) is 0. The summed E-state index contributed by atoms with van der Waals surface area (Å²) < 4.78 is 1.66. The average Bonchev–Trinajstić information content (AvgIpc) is 2.12. The molecule has 3 nitrogen and oxygen atoms in total. The largest absolute Gasteiger partial charge is 0.374 e. The molecular weight excluding hydrogens is 279 g/mol. The Bertz CT molecular complexity index is 365. The fraction of sp³-hybridized carbons (Fsp3) is 0.222. The molecule has 1 N–H and O–H groups in total. The molecule has 1 heterocycles. The maximum atomic E-state index is 11.3. The van der Waals surface area contributed by atoms with Crippen molar-refractivity contribution in [2.24, 2.45) is 0 Å². The molecule has 0 saturated carbocycles. The van der Waals surface area contributed by atoms with E-state index in [1.54, 1.807) is 3.11 Å². The van der Waals surface area contributed by atoms with Gasteiger partial charge < -0.3 is 5.32 Å². The fourth-order valence-electron chi connectivity index (χ4n) is 1.33. The number of hydrogen-bond acceptors (Lipinski definition) is 2. The van der Waals surface area contributed by atoms with E-state index in [9.17, 15) is 4.79 Å². The number of fused-ring (bicyclic) bond motifs is 1. The summed E-state index contributed by atoms with van der Waals surface area (Å²) in [6, 6.07) is 6.04. The molecule has 0 spiro atoms. The maximum absolute atomic E-state index is 11.3. The molecule has 1 aromatic rings. The van der Waals surface area contributed by atoms with Gasteiger partial charge in [0.25, 0.3) is 5.91 Å². The Morgan fingerprint density at radius 1 is 1.54 bits per heavy atom. The highest BCUT2D eigenvalue weighted by atomic mass is 127. The maximum Gasteiger partial charge on any atom is 0.255 e. The van der Waals surface area contributed by atoms with Crippen molar-refractivity contribution < 1.29 is 4.79 Å². The van der Waals surface area contributed by atoms with Crippen LogP contribution in [0.1, 0.15) is 5.56 Å². The van der Waals surface area contributed by atoms with Crippen molar-refractivity contribution in [3.8, 4) is 0 Å².